The lowest BCUT2D eigenvalue weighted by Gasteiger charge is -2.02. The lowest BCUT2D eigenvalue weighted by molar-refractivity contribution is 0.614. The molecule has 16 heavy (non-hydrogen) atoms. The van der Waals surface area contributed by atoms with E-state index in [4.69, 9.17) is 0 Å². The predicted octanol–water partition coefficient (Wildman–Crippen LogP) is 2.62. The molecule has 6 heteroatoms. The zero-order chi connectivity index (χ0) is 11.5. The van der Waals surface area contributed by atoms with Crippen molar-refractivity contribution in [1.82, 2.24) is 9.97 Å². The Morgan fingerprint density at radius 3 is 2.94 bits per heavy atom. The van der Waals surface area contributed by atoms with Crippen LogP contribution in [0.1, 0.15) is 5.56 Å². The minimum atomic E-state index is -1.34. The fourth-order valence-electron chi connectivity index (χ4n) is 1.22. The van der Waals surface area contributed by atoms with E-state index in [0.29, 0.717) is 15.2 Å². The van der Waals surface area contributed by atoms with E-state index in [2.05, 4.69) is 25.9 Å². The third kappa shape index (κ3) is 2.56. The van der Waals surface area contributed by atoms with Gasteiger partial charge in [-0.05, 0) is 12.1 Å². The van der Waals surface area contributed by atoms with Crippen LogP contribution in [0.4, 0.5) is 4.39 Å². The van der Waals surface area contributed by atoms with E-state index in [9.17, 15) is 8.60 Å². The second kappa shape index (κ2) is 4.88. The molecule has 0 amide bonds. The molecular formula is C10H8BrFN2OS. The van der Waals surface area contributed by atoms with Crippen LogP contribution in [-0.4, -0.2) is 14.2 Å². The van der Waals surface area contributed by atoms with Crippen molar-refractivity contribution >= 4 is 26.7 Å². The zero-order valence-electron chi connectivity index (χ0n) is 8.11. The molecule has 1 N–H and O–H groups in total. The number of nitrogens with zero attached hydrogens (tertiary/aromatic N) is 1. The summed E-state index contributed by atoms with van der Waals surface area (Å²) in [6.07, 6.45) is 3.11. The lowest BCUT2D eigenvalue weighted by atomic mass is 10.2. The van der Waals surface area contributed by atoms with Crippen molar-refractivity contribution in [2.75, 3.05) is 0 Å². The molecule has 1 heterocycles. The van der Waals surface area contributed by atoms with Crippen molar-refractivity contribution in [3.8, 4) is 0 Å². The molecule has 2 aromatic rings. The van der Waals surface area contributed by atoms with E-state index in [1.807, 2.05) is 0 Å². The molecule has 0 saturated carbocycles. The number of hydrogen-bond donors (Lipinski definition) is 1. The monoisotopic (exact) mass is 302 g/mol. The number of H-pyrrole nitrogens is 1. The van der Waals surface area contributed by atoms with Crippen LogP contribution >= 0.6 is 15.9 Å². The largest absolute Gasteiger partial charge is 0.338 e. The molecule has 0 bridgehead atoms. The molecule has 0 aliphatic carbocycles. The molecule has 1 unspecified atom stereocenters. The van der Waals surface area contributed by atoms with E-state index < -0.39 is 10.8 Å². The Hall–Kier alpha value is -1.01. The third-order valence-corrected chi connectivity index (χ3v) is 3.71. The first-order valence-corrected chi connectivity index (χ1v) is 6.59. The smallest absolute Gasteiger partial charge is 0.196 e. The van der Waals surface area contributed by atoms with Gasteiger partial charge < -0.3 is 4.98 Å². The molecule has 84 valence electrons. The van der Waals surface area contributed by atoms with Gasteiger partial charge >= 0.3 is 0 Å². The maximum absolute atomic E-state index is 13.5. The molecule has 1 aromatic carbocycles. The Bertz CT molecular complexity index is 516. The maximum Gasteiger partial charge on any atom is 0.196 e. The van der Waals surface area contributed by atoms with Crippen LogP contribution in [0.5, 0.6) is 0 Å². The number of halogens is 2. The van der Waals surface area contributed by atoms with Gasteiger partial charge in [0.1, 0.15) is 5.82 Å². The Morgan fingerprint density at radius 1 is 1.50 bits per heavy atom. The van der Waals surface area contributed by atoms with Crippen LogP contribution in [0.2, 0.25) is 0 Å². The average molecular weight is 303 g/mol. The summed E-state index contributed by atoms with van der Waals surface area (Å²) < 4.78 is 25.9. The van der Waals surface area contributed by atoms with Gasteiger partial charge in [0, 0.05) is 22.4 Å². The Kier molecular flexibility index (Phi) is 3.50. The maximum atomic E-state index is 13.5. The minimum absolute atomic E-state index is 0.118. The third-order valence-electron chi connectivity index (χ3n) is 1.99. The van der Waals surface area contributed by atoms with E-state index >= 15 is 0 Å². The summed E-state index contributed by atoms with van der Waals surface area (Å²) in [5.74, 6) is -0.249. The van der Waals surface area contributed by atoms with Gasteiger partial charge in [0.2, 0.25) is 0 Å². The second-order valence-corrected chi connectivity index (χ2v) is 5.40. The molecule has 0 radical (unpaired) electrons. The molecular weight excluding hydrogens is 295 g/mol. The van der Waals surface area contributed by atoms with Gasteiger partial charge in [-0.3, -0.25) is 4.21 Å². The number of benzene rings is 1. The van der Waals surface area contributed by atoms with E-state index in [0.717, 1.165) is 0 Å². The van der Waals surface area contributed by atoms with Crippen LogP contribution in [0.15, 0.2) is 40.2 Å². The SMILES string of the molecule is O=S(Cc1ccc(Br)cc1F)c1ncc[nH]1. The second-order valence-electron chi connectivity index (χ2n) is 3.12. The molecule has 1 atom stereocenters. The predicted molar refractivity (Wildman–Crippen MR) is 62.8 cm³/mol. The molecule has 0 saturated heterocycles. The topological polar surface area (TPSA) is 45.8 Å². The van der Waals surface area contributed by atoms with Gasteiger partial charge in [-0.15, -0.1) is 0 Å². The number of nitrogens with one attached hydrogen (secondary N) is 1. The van der Waals surface area contributed by atoms with Gasteiger partial charge in [0.15, 0.2) is 5.16 Å². The summed E-state index contributed by atoms with van der Waals surface area (Å²) in [6.45, 7) is 0. The van der Waals surface area contributed by atoms with Crippen molar-refractivity contribution in [3.05, 3.63) is 46.4 Å². The Balaban J connectivity index is 2.18. The molecule has 0 aliphatic rings. The van der Waals surface area contributed by atoms with Crippen molar-refractivity contribution in [2.45, 2.75) is 10.9 Å². The quantitative estimate of drug-likeness (QED) is 0.947. The molecule has 3 nitrogen and oxygen atoms in total. The minimum Gasteiger partial charge on any atom is -0.338 e. The van der Waals surface area contributed by atoms with Crippen LogP contribution in [-0.2, 0) is 16.6 Å². The number of rotatable bonds is 3. The lowest BCUT2D eigenvalue weighted by Crippen LogP contribution is -2.00. The first-order chi connectivity index (χ1) is 7.66. The molecule has 1 aromatic heterocycles. The normalized spacial score (nSPS) is 12.6. The van der Waals surface area contributed by atoms with E-state index in [-0.39, 0.29) is 11.6 Å². The van der Waals surface area contributed by atoms with Crippen LogP contribution < -0.4 is 0 Å². The fraction of sp³-hybridized carbons (Fsp3) is 0.100. The van der Waals surface area contributed by atoms with Crippen LogP contribution in [0.25, 0.3) is 0 Å². The first kappa shape index (κ1) is 11.5. The highest BCUT2D eigenvalue weighted by atomic mass is 79.9. The first-order valence-electron chi connectivity index (χ1n) is 4.48. The van der Waals surface area contributed by atoms with Gasteiger partial charge in [-0.25, -0.2) is 9.37 Å². The molecule has 2 rings (SSSR count). The average Bonchev–Trinajstić information content (AvgIpc) is 2.75. The zero-order valence-corrected chi connectivity index (χ0v) is 10.5. The van der Waals surface area contributed by atoms with Gasteiger partial charge in [0.05, 0.1) is 16.6 Å². The van der Waals surface area contributed by atoms with Crippen LogP contribution in [0, 0.1) is 5.82 Å². The number of hydrogen-bond acceptors (Lipinski definition) is 2. The summed E-state index contributed by atoms with van der Waals surface area (Å²) in [5.41, 5.74) is 0.415. The fourth-order valence-corrected chi connectivity index (χ4v) is 2.59. The summed E-state index contributed by atoms with van der Waals surface area (Å²) >= 11 is 3.17. The Morgan fingerprint density at radius 2 is 2.31 bits per heavy atom. The summed E-state index contributed by atoms with van der Waals surface area (Å²) in [7, 11) is -1.34. The summed E-state index contributed by atoms with van der Waals surface area (Å²) in [4.78, 5) is 6.62. The number of aromatic nitrogens is 2. The summed E-state index contributed by atoms with van der Waals surface area (Å²) in [5, 5.41) is 0.363. The molecule has 0 spiro atoms. The highest BCUT2D eigenvalue weighted by molar-refractivity contribution is 9.10. The van der Waals surface area contributed by atoms with Crippen molar-refractivity contribution in [1.29, 1.82) is 0 Å². The van der Waals surface area contributed by atoms with Gasteiger partial charge in [-0.2, -0.15) is 0 Å². The van der Waals surface area contributed by atoms with Gasteiger partial charge in [0.25, 0.3) is 0 Å². The van der Waals surface area contributed by atoms with Gasteiger partial charge in [-0.1, -0.05) is 22.0 Å². The number of imidazole rings is 1. The van der Waals surface area contributed by atoms with Crippen molar-refractivity contribution in [2.24, 2.45) is 0 Å². The van der Waals surface area contributed by atoms with Crippen LogP contribution in [0.3, 0.4) is 0 Å². The van der Waals surface area contributed by atoms with E-state index in [1.165, 1.54) is 12.3 Å². The van der Waals surface area contributed by atoms with E-state index in [1.54, 1.807) is 18.3 Å². The highest BCUT2D eigenvalue weighted by Gasteiger charge is 2.10. The Labute approximate surface area is 103 Å². The van der Waals surface area contributed by atoms with Crippen molar-refractivity contribution in [3.63, 3.8) is 0 Å². The highest BCUT2D eigenvalue weighted by Crippen LogP contribution is 2.17. The molecule has 0 aliphatic heterocycles. The van der Waals surface area contributed by atoms with Crippen molar-refractivity contribution < 1.29 is 8.60 Å². The molecule has 0 fully saturated rings. The summed E-state index contributed by atoms with van der Waals surface area (Å²) in [6, 6.07) is 4.69. The standard InChI is InChI=1S/C10H8BrFN2OS/c11-8-2-1-7(9(12)5-8)6-16(15)10-13-3-4-14-10/h1-5H,6H2,(H,13,14). The number of aromatic amines is 1.